The Morgan fingerprint density at radius 2 is 0.967 bits per heavy atom. The molecule has 0 saturated carbocycles. The standard InChI is InChI=1S/C24H22F2N2O2/c1-27(15-19-7-3-5-9-21(19)25)23(29)17-11-13-18(14-12-17)24(30)28(2)16-20-8-4-6-10-22(20)26/h3-14H,15-16H2,1-2H3. The van der Waals surface area contributed by atoms with E-state index in [4.69, 9.17) is 0 Å². The summed E-state index contributed by atoms with van der Waals surface area (Å²) >= 11 is 0. The molecule has 2 amide bonds. The molecule has 0 atom stereocenters. The summed E-state index contributed by atoms with van der Waals surface area (Å²) < 4.78 is 27.6. The predicted octanol–water partition coefficient (Wildman–Crippen LogP) is 4.51. The molecule has 0 saturated heterocycles. The highest BCUT2D eigenvalue weighted by atomic mass is 19.1. The van der Waals surface area contributed by atoms with Gasteiger partial charge in [-0.3, -0.25) is 9.59 Å². The van der Waals surface area contributed by atoms with Crippen molar-refractivity contribution in [3.8, 4) is 0 Å². The molecule has 0 aliphatic heterocycles. The van der Waals surface area contributed by atoms with Crippen molar-refractivity contribution in [2.24, 2.45) is 0 Å². The van der Waals surface area contributed by atoms with Crippen LogP contribution >= 0.6 is 0 Å². The Morgan fingerprint density at radius 3 is 1.30 bits per heavy atom. The highest BCUT2D eigenvalue weighted by molar-refractivity contribution is 5.97. The van der Waals surface area contributed by atoms with Crippen molar-refractivity contribution in [2.45, 2.75) is 13.1 Å². The van der Waals surface area contributed by atoms with Gasteiger partial charge >= 0.3 is 0 Å². The minimum absolute atomic E-state index is 0.136. The lowest BCUT2D eigenvalue weighted by molar-refractivity contribution is 0.0772. The van der Waals surface area contributed by atoms with Gasteiger partial charge in [-0.15, -0.1) is 0 Å². The highest BCUT2D eigenvalue weighted by Gasteiger charge is 2.17. The van der Waals surface area contributed by atoms with Gasteiger partial charge in [-0.2, -0.15) is 0 Å². The number of carbonyl (C=O) groups is 2. The topological polar surface area (TPSA) is 40.6 Å². The molecule has 0 aliphatic rings. The maximum atomic E-state index is 13.8. The molecule has 0 radical (unpaired) electrons. The van der Waals surface area contributed by atoms with Gasteiger partial charge in [-0.1, -0.05) is 36.4 Å². The first kappa shape index (κ1) is 21.2. The molecule has 3 aromatic rings. The molecular formula is C24H22F2N2O2. The number of rotatable bonds is 6. The van der Waals surface area contributed by atoms with Crippen LogP contribution in [0, 0.1) is 11.6 Å². The summed E-state index contributed by atoms with van der Waals surface area (Å²) in [4.78, 5) is 28.1. The molecule has 0 N–H and O–H groups in total. The van der Waals surface area contributed by atoms with Crippen molar-refractivity contribution in [2.75, 3.05) is 14.1 Å². The summed E-state index contributed by atoms with van der Waals surface area (Å²) in [6.45, 7) is 0.273. The van der Waals surface area contributed by atoms with Crippen molar-refractivity contribution in [3.05, 3.63) is 107 Å². The van der Waals surface area contributed by atoms with Gasteiger partial charge in [-0.05, 0) is 36.4 Å². The van der Waals surface area contributed by atoms with Crippen molar-refractivity contribution < 1.29 is 18.4 Å². The summed E-state index contributed by atoms with van der Waals surface area (Å²) in [5.74, 6) is -1.29. The monoisotopic (exact) mass is 408 g/mol. The Hall–Kier alpha value is -3.54. The smallest absolute Gasteiger partial charge is 0.253 e. The van der Waals surface area contributed by atoms with Gasteiger partial charge in [0.25, 0.3) is 11.8 Å². The van der Waals surface area contributed by atoms with E-state index in [0.29, 0.717) is 22.3 Å². The SMILES string of the molecule is CN(Cc1ccccc1F)C(=O)c1ccc(C(=O)N(C)Cc2ccccc2F)cc1. The lowest BCUT2D eigenvalue weighted by atomic mass is 10.1. The zero-order valence-electron chi connectivity index (χ0n) is 16.8. The number of hydrogen-bond acceptors (Lipinski definition) is 2. The fraction of sp³-hybridized carbons (Fsp3) is 0.167. The van der Waals surface area contributed by atoms with Crippen LogP contribution in [-0.4, -0.2) is 35.7 Å². The van der Waals surface area contributed by atoms with E-state index in [1.54, 1.807) is 74.8 Å². The first-order valence-electron chi connectivity index (χ1n) is 9.44. The number of carbonyl (C=O) groups excluding carboxylic acids is 2. The Labute approximate surface area is 174 Å². The molecule has 3 aromatic carbocycles. The first-order valence-corrected chi connectivity index (χ1v) is 9.44. The molecule has 6 heteroatoms. The van der Waals surface area contributed by atoms with Crippen LogP contribution in [-0.2, 0) is 13.1 Å². The minimum Gasteiger partial charge on any atom is -0.337 e. The second-order valence-corrected chi connectivity index (χ2v) is 7.08. The summed E-state index contributed by atoms with van der Waals surface area (Å²) in [6.07, 6.45) is 0. The van der Waals surface area contributed by atoms with E-state index in [0.717, 1.165) is 0 Å². The maximum Gasteiger partial charge on any atom is 0.253 e. The summed E-state index contributed by atoms with van der Waals surface area (Å²) in [5.41, 5.74) is 1.63. The average molecular weight is 408 g/mol. The van der Waals surface area contributed by atoms with Gasteiger partial charge in [0, 0.05) is 49.4 Å². The van der Waals surface area contributed by atoms with Crippen LogP contribution in [0.1, 0.15) is 31.8 Å². The number of amides is 2. The molecule has 0 bridgehead atoms. The van der Waals surface area contributed by atoms with Gasteiger partial charge < -0.3 is 9.80 Å². The van der Waals surface area contributed by atoms with E-state index in [2.05, 4.69) is 0 Å². The molecule has 0 heterocycles. The number of hydrogen-bond donors (Lipinski definition) is 0. The van der Waals surface area contributed by atoms with Crippen molar-refractivity contribution in [3.63, 3.8) is 0 Å². The predicted molar refractivity (Wildman–Crippen MR) is 111 cm³/mol. The molecular weight excluding hydrogens is 386 g/mol. The third-order valence-electron chi connectivity index (χ3n) is 4.80. The zero-order chi connectivity index (χ0) is 21.7. The molecule has 0 aromatic heterocycles. The number of halogens is 2. The fourth-order valence-corrected chi connectivity index (χ4v) is 3.10. The fourth-order valence-electron chi connectivity index (χ4n) is 3.10. The van der Waals surface area contributed by atoms with Crippen LogP contribution in [0.5, 0.6) is 0 Å². The van der Waals surface area contributed by atoms with E-state index in [9.17, 15) is 18.4 Å². The summed E-state index contributed by atoms with van der Waals surface area (Å²) in [7, 11) is 3.19. The van der Waals surface area contributed by atoms with E-state index < -0.39 is 0 Å². The Morgan fingerprint density at radius 1 is 0.633 bits per heavy atom. The third-order valence-corrected chi connectivity index (χ3v) is 4.80. The van der Waals surface area contributed by atoms with Crippen LogP contribution in [0.25, 0.3) is 0 Å². The molecule has 0 spiro atoms. The number of benzene rings is 3. The first-order chi connectivity index (χ1) is 14.4. The zero-order valence-corrected chi connectivity index (χ0v) is 16.8. The normalized spacial score (nSPS) is 10.5. The van der Waals surface area contributed by atoms with Crippen molar-refractivity contribution in [1.82, 2.24) is 9.80 Å². The van der Waals surface area contributed by atoms with Crippen LogP contribution < -0.4 is 0 Å². The molecule has 154 valence electrons. The Balaban J connectivity index is 1.66. The quantitative estimate of drug-likeness (QED) is 0.602. The molecule has 3 rings (SSSR count). The minimum atomic E-state index is -0.365. The summed E-state index contributed by atoms with van der Waals surface area (Å²) in [6, 6.07) is 18.8. The highest BCUT2D eigenvalue weighted by Crippen LogP contribution is 2.15. The third kappa shape index (κ3) is 4.89. The number of nitrogens with zero attached hydrogens (tertiary/aromatic N) is 2. The van der Waals surface area contributed by atoms with Crippen LogP contribution in [0.4, 0.5) is 8.78 Å². The van der Waals surface area contributed by atoms with Crippen LogP contribution in [0.15, 0.2) is 72.8 Å². The molecule has 0 fully saturated rings. The Bertz CT molecular complexity index is 967. The van der Waals surface area contributed by atoms with Gasteiger partial charge in [0.2, 0.25) is 0 Å². The van der Waals surface area contributed by atoms with E-state index in [-0.39, 0.29) is 36.5 Å². The van der Waals surface area contributed by atoms with Crippen LogP contribution in [0.2, 0.25) is 0 Å². The van der Waals surface area contributed by atoms with E-state index in [1.165, 1.54) is 21.9 Å². The molecule has 30 heavy (non-hydrogen) atoms. The van der Waals surface area contributed by atoms with Crippen LogP contribution in [0.3, 0.4) is 0 Å². The second kappa shape index (κ2) is 9.31. The lowest BCUT2D eigenvalue weighted by Gasteiger charge is -2.19. The lowest BCUT2D eigenvalue weighted by Crippen LogP contribution is -2.28. The molecule has 0 unspecified atom stereocenters. The molecule has 4 nitrogen and oxygen atoms in total. The van der Waals surface area contributed by atoms with E-state index >= 15 is 0 Å². The van der Waals surface area contributed by atoms with Crippen molar-refractivity contribution >= 4 is 11.8 Å². The average Bonchev–Trinajstić information content (AvgIpc) is 2.76. The largest absolute Gasteiger partial charge is 0.337 e. The van der Waals surface area contributed by atoms with E-state index in [1.807, 2.05) is 0 Å². The maximum absolute atomic E-state index is 13.8. The van der Waals surface area contributed by atoms with Gasteiger partial charge in [0.1, 0.15) is 11.6 Å². The second-order valence-electron chi connectivity index (χ2n) is 7.08. The Kier molecular flexibility index (Phi) is 6.57. The molecule has 0 aliphatic carbocycles. The van der Waals surface area contributed by atoms with Gasteiger partial charge in [0.05, 0.1) is 0 Å². The van der Waals surface area contributed by atoms with Gasteiger partial charge in [0.15, 0.2) is 0 Å². The van der Waals surface area contributed by atoms with Crippen molar-refractivity contribution in [1.29, 1.82) is 0 Å². The van der Waals surface area contributed by atoms with Gasteiger partial charge in [-0.25, -0.2) is 8.78 Å². The summed E-state index contributed by atoms with van der Waals surface area (Å²) in [5, 5.41) is 0.